The zero-order chi connectivity index (χ0) is 37.7. The van der Waals surface area contributed by atoms with Crippen LogP contribution in [0.2, 0.25) is 0 Å². The summed E-state index contributed by atoms with van der Waals surface area (Å²) >= 11 is 0. The number of nitrogens with one attached hydrogen (secondary N) is 4. The molecule has 2 aromatic heterocycles. The molecule has 1 aliphatic heterocycles. The second-order valence-corrected chi connectivity index (χ2v) is 14.8. The van der Waals surface area contributed by atoms with E-state index >= 15 is 0 Å². The molecule has 0 atom stereocenters. The van der Waals surface area contributed by atoms with Crippen LogP contribution in [0.15, 0.2) is 54.9 Å². The van der Waals surface area contributed by atoms with Crippen LogP contribution in [0.3, 0.4) is 0 Å². The summed E-state index contributed by atoms with van der Waals surface area (Å²) in [5.74, 6) is 0.902. The molecule has 0 unspecified atom stereocenters. The highest BCUT2D eigenvalue weighted by atomic mass is 16.6. The van der Waals surface area contributed by atoms with Crippen molar-refractivity contribution in [2.24, 2.45) is 7.05 Å². The summed E-state index contributed by atoms with van der Waals surface area (Å²) in [5, 5.41) is 19.6. The molecule has 3 heterocycles. The third-order valence-corrected chi connectivity index (χ3v) is 10.1. The molecule has 0 radical (unpaired) electrons. The van der Waals surface area contributed by atoms with Gasteiger partial charge in [0.25, 0.3) is 5.91 Å². The van der Waals surface area contributed by atoms with Gasteiger partial charge in [0.05, 0.1) is 24.1 Å². The third-order valence-electron chi connectivity index (χ3n) is 10.1. The number of carbonyl (C=O) groups is 2. The van der Waals surface area contributed by atoms with Crippen LogP contribution in [0.1, 0.15) is 68.1 Å². The number of para-hydroxylation sites is 1. The lowest BCUT2D eigenvalue weighted by atomic mass is 9.89. The van der Waals surface area contributed by atoms with E-state index < -0.39 is 5.60 Å². The first-order chi connectivity index (χ1) is 25.4. The number of methoxy groups -OCH3 is 1. The lowest BCUT2D eigenvalue weighted by Crippen LogP contribution is -2.52. The van der Waals surface area contributed by atoms with Gasteiger partial charge in [-0.2, -0.15) is 0 Å². The fourth-order valence-corrected chi connectivity index (χ4v) is 7.30. The Morgan fingerprint density at radius 3 is 2.43 bits per heavy atom. The van der Waals surface area contributed by atoms with E-state index in [0.717, 1.165) is 69.3 Å². The van der Waals surface area contributed by atoms with E-state index in [1.54, 1.807) is 18.2 Å². The molecular formula is C39H52N10O4. The fraction of sp³-hybridized carbons (Fsp3) is 0.462. The van der Waals surface area contributed by atoms with Crippen molar-refractivity contribution in [3.8, 4) is 5.75 Å². The smallest absolute Gasteiger partial charge is 0.407 e. The van der Waals surface area contributed by atoms with Gasteiger partial charge in [0.15, 0.2) is 0 Å². The highest BCUT2D eigenvalue weighted by Crippen LogP contribution is 2.32. The van der Waals surface area contributed by atoms with Crippen LogP contribution in [0.25, 0.3) is 10.9 Å². The Morgan fingerprint density at radius 1 is 1.00 bits per heavy atom. The summed E-state index contributed by atoms with van der Waals surface area (Å²) in [6, 6.07) is 15.6. The third kappa shape index (κ3) is 9.06. The van der Waals surface area contributed by atoms with Crippen LogP contribution in [0.4, 0.5) is 22.1 Å². The second kappa shape index (κ2) is 16.2. The maximum atomic E-state index is 13.3. The summed E-state index contributed by atoms with van der Waals surface area (Å²) in [7, 11) is 3.40. The Kier molecular flexibility index (Phi) is 11.5. The molecule has 6 rings (SSSR count). The van der Waals surface area contributed by atoms with Gasteiger partial charge < -0.3 is 35.7 Å². The maximum Gasteiger partial charge on any atom is 0.407 e. The number of hydrogen-bond donors (Lipinski definition) is 5. The van der Waals surface area contributed by atoms with Crippen molar-refractivity contribution in [2.75, 3.05) is 62.7 Å². The molecular weight excluding hydrogens is 672 g/mol. The van der Waals surface area contributed by atoms with E-state index in [4.69, 9.17) is 15.2 Å². The van der Waals surface area contributed by atoms with Crippen molar-refractivity contribution in [3.05, 3.63) is 71.7 Å². The first-order valence-corrected chi connectivity index (χ1v) is 18.3. The molecule has 14 nitrogen and oxygen atoms in total. The Hall–Kier alpha value is -5.21. The predicted molar refractivity (Wildman–Crippen MR) is 208 cm³/mol. The van der Waals surface area contributed by atoms with Gasteiger partial charge in [-0.05, 0) is 70.7 Å². The first-order valence-electron chi connectivity index (χ1n) is 18.3. The number of nitrogens with zero attached hydrogens (tertiary/aromatic N) is 5. The van der Waals surface area contributed by atoms with Crippen molar-refractivity contribution in [2.45, 2.75) is 64.1 Å². The quantitative estimate of drug-likeness (QED) is 0.131. The Labute approximate surface area is 310 Å². The number of alkyl carbamates (subject to hydrolysis) is 1. The summed E-state index contributed by atoms with van der Waals surface area (Å²) < 4.78 is 12.9. The Morgan fingerprint density at radius 2 is 1.74 bits per heavy atom. The molecule has 2 fully saturated rings. The molecule has 14 heteroatoms. The van der Waals surface area contributed by atoms with E-state index in [9.17, 15) is 15.0 Å². The van der Waals surface area contributed by atoms with Crippen molar-refractivity contribution < 1.29 is 19.1 Å². The molecule has 1 saturated heterocycles. The summed E-state index contributed by atoms with van der Waals surface area (Å²) in [5.41, 5.74) is 9.00. The minimum Gasteiger partial charge on any atom is -0.495 e. The number of piperazine rings is 1. The molecule has 4 aromatic rings. The van der Waals surface area contributed by atoms with Crippen LogP contribution in [-0.4, -0.2) is 106 Å². The molecule has 0 spiro atoms. The minimum absolute atomic E-state index is 0.156. The highest BCUT2D eigenvalue weighted by molar-refractivity contribution is 6.17. The fourth-order valence-electron chi connectivity index (χ4n) is 7.30. The molecule has 0 bridgehead atoms. The number of benzene rings is 2. The molecule has 282 valence electrons. The van der Waals surface area contributed by atoms with E-state index in [-0.39, 0.29) is 29.6 Å². The van der Waals surface area contributed by atoms with Gasteiger partial charge in [-0.3, -0.25) is 20.0 Å². The van der Waals surface area contributed by atoms with E-state index in [1.807, 2.05) is 62.7 Å². The number of carbonyl (C=O) groups excluding carboxylic acids is 2. The average molecular weight is 725 g/mol. The molecule has 53 heavy (non-hydrogen) atoms. The summed E-state index contributed by atoms with van der Waals surface area (Å²) in [6.45, 7) is 10.9. The number of amides is 2. The molecule has 2 aliphatic rings. The lowest BCUT2D eigenvalue weighted by Gasteiger charge is -2.42. The van der Waals surface area contributed by atoms with Crippen molar-refractivity contribution >= 4 is 45.9 Å². The van der Waals surface area contributed by atoms with Gasteiger partial charge in [-0.15, -0.1) is 0 Å². The Balaban J connectivity index is 1.03. The Bertz CT molecular complexity index is 1940. The van der Waals surface area contributed by atoms with E-state index in [1.165, 1.54) is 13.4 Å². The normalized spacial score (nSPS) is 18.4. The lowest BCUT2D eigenvalue weighted by molar-refractivity contribution is 0.0504. The van der Waals surface area contributed by atoms with Gasteiger partial charge in [-0.1, -0.05) is 24.3 Å². The number of aryl methyl sites for hydroxylation is 1. The zero-order valence-corrected chi connectivity index (χ0v) is 31.4. The van der Waals surface area contributed by atoms with Gasteiger partial charge in [0.1, 0.15) is 35.0 Å². The van der Waals surface area contributed by atoms with Crippen LogP contribution >= 0.6 is 0 Å². The highest BCUT2D eigenvalue weighted by Gasteiger charge is 2.30. The zero-order valence-electron chi connectivity index (χ0n) is 31.4. The standard InChI is InChI=1S/C39H52N10O4/c1-39(2,3)53-38(51)42-16-17-48-18-20-49(21-19-48)28-13-11-27(12-14-28)45-36-33(35(41)43-24-44-36)34(40)26-10-15-29(32(23-26)52-5)46-37(50)31-22-25-8-6-7-9-30(25)47(31)4/h6-10,15,22-24,27-28,40H,11-14,16-21H2,1-5H3,(H,42,51)(H,46,50)(H3,41,43,44,45). The molecule has 2 aromatic carbocycles. The van der Waals surface area contributed by atoms with Gasteiger partial charge in [-0.25, -0.2) is 14.8 Å². The number of rotatable bonds is 11. The molecule has 1 saturated carbocycles. The predicted octanol–water partition coefficient (Wildman–Crippen LogP) is 5.09. The monoisotopic (exact) mass is 724 g/mol. The minimum atomic E-state index is -0.498. The summed E-state index contributed by atoms with van der Waals surface area (Å²) in [6.07, 6.45) is 5.13. The number of aromatic nitrogens is 3. The summed E-state index contributed by atoms with van der Waals surface area (Å²) in [4.78, 5) is 39.0. The number of ether oxygens (including phenoxy) is 2. The van der Waals surface area contributed by atoms with Crippen LogP contribution in [-0.2, 0) is 11.8 Å². The number of nitrogens with two attached hydrogens (primary N) is 1. The van der Waals surface area contributed by atoms with E-state index in [2.05, 4.69) is 35.7 Å². The maximum absolute atomic E-state index is 13.3. The number of anilines is 3. The average Bonchev–Trinajstić information content (AvgIpc) is 3.48. The van der Waals surface area contributed by atoms with Crippen molar-refractivity contribution in [1.29, 1.82) is 5.41 Å². The van der Waals surface area contributed by atoms with E-state index in [0.29, 0.717) is 46.7 Å². The number of fused-ring (bicyclic) bond motifs is 1. The SMILES string of the molecule is COc1cc(C(=N)c2c(N)ncnc2NC2CCC(N3CCN(CCNC(=O)OC(C)(C)C)CC3)CC2)ccc1NC(=O)c1cc2ccccc2n1C. The molecule has 1 aliphatic carbocycles. The van der Waals surface area contributed by atoms with Gasteiger partial charge in [0, 0.05) is 74.9 Å². The second-order valence-electron chi connectivity index (χ2n) is 14.8. The molecule has 6 N–H and O–H groups in total. The largest absolute Gasteiger partial charge is 0.495 e. The topological polar surface area (TPSA) is 176 Å². The van der Waals surface area contributed by atoms with Crippen LogP contribution in [0, 0.1) is 5.41 Å². The van der Waals surface area contributed by atoms with Gasteiger partial charge >= 0.3 is 6.09 Å². The first kappa shape index (κ1) is 37.5. The van der Waals surface area contributed by atoms with Crippen LogP contribution in [0.5, 0.6) is 5.75 Å². The number of hydrogen-bond acceptors (Lipinski definition) is 11. The van der Waals surface area contributed by atoms with Crippen LogP contribution < -0.4 is 26.4 Å². The van der Waals surface area contributed by atoms with Crippen molar-refractivity contribution in [3.63, 3.8) is 0 Å². The van der Waals surface area contributed by atoms with Crippen molar-refractivity contribution in [1.82, 2.24) is 29.7 Å². The van der Waals surface area contributed by atoms with Gasteiger partial charge in [0.2, 0.25) is 0 Å². The number of nitrogen functional groups attached to an aromatic ring is 1. The molecule has 2 amide bonds.